The van der Waals surface area contributed by atoms with Crippen LogP contribution in [0.5, 0.6) is 0 Å². The monoisotopic (exact) mass is 585 g/mol. The third-order valence-electron chi connectivity index (χ3n) is 8.49. The van der Waals surface area contributed by atoms with Crippen molar-refractivity contribution in [3.8, 4) is 0 Å². The molecule has 11 nitrogen and oxygen atoms in total. The molecule has 5 rings (SSSR count). The number of hydrogen-bond donors (Lipinski definition) is 5. The molecule has 0 bridgehead atoms. The second-order valence-electron chi connectivity index (χ2n) is 11.3. The molecule has 1 atom stereocenters. The summed E-state index contributed by atoms with van der Waals surface area (Å²) in [5.41, 5.74) is 6.67. The van der Waals surface area contributed by atoms with E-state index in [1.54, 1.807) is 4.90 Å². The van der Waals surface area contributed by atoms with Crippen LogP contribution in [0, 0.1) is 5.41 Å². The van der Waals surface area contributed by atoms with E-state index in [1.165, 1.54) is 16.3 Å². The number of rotatable bonds is 11. The molecule has 11 heteroatoms. The average molecular weight is 586 g/mol. The fourth-order valence-corrected chi connectivity index (χ4v) is 6.27. The molecular formula is C32H39N7O4. The topological polar surface area (TPSA) is 155 Å². The summed E-state index contributed by atoms with van der Waals surface area (Å²) in [6.07, 6.45) is 1.80. The lowest BCUT2D eigenvalue weighted by Gasteiger charge is -2.43. The van der Waals surface area contributed by atoms with Gasteiger partial charge >= 0.3 is 5.97 Å². The van der Waals surface area contributed by atoms with Gasteiger partial charge in [0.15, 0.2) is 5.96 Å². The Balaban J connectivity index is 1.27. The molecule has 0 aliphatic carbocycles. The van der Waals surface area contributed by atoms with Crippen LogP contribution >= 0.6 is 0 Å². The first-order valence-corrected chi connectivity index (χ1v) is 14.7. The number of para-hydroxylation sites is 1. The van der Waals surface area contributed by atoms with Crippen molar-refractivity contribution in [3.05, 3.63) is 78.4 Å². The second kappa shape index (κ2) is 13.1. The Kier molecular flexibility index (Phi) is 9.10. The molecule has 0 radical (unpaired) electrons. The zero-order chi connectivity index (χ0) is 30.4. The average Bonchev–Trinajstić information content (AvgIpc) is 3.26. The molecule has 6 N–H and O–H groups in total. The number of likely N-dealkylation sites (tertiary alicyclic amines) is 1. The Morgan fingerprint density at radius 1 is 1.00 bits per heavy atom. The van der Waals surface area contributed by atoms with Crippen molar-refractivity contribution in [2.45, 2.75) is 43.8 Å². The van der Waals surface area contributed by atoms with Crippen molar-refractivity contribution in [2.75, 3.05) is 37.7 Å². The van der Waals surface area contributed by atoms with E-state index < -0.39 is 23.5 Å². The normalized spacial score (nSPS) is 17.3. The molecule has 3 aromatic rings. The first kappa shape index (κ1) is 29.8. The van der Waals surface area contributed by atoms with Crippen molar-refractivity contribution >= 4 is 40.2 Å². The van der Waals surface area contributed by atoms with E-state index >= 15 is 0 Å². The van der Waals surface area contributed by atoms with Crippen LogP contribution in [0.15, 0.2) is 72.8 Å². The molecule has 2 aliphatic heterocycles. The molecule has 1 spiro atoms. The fourth-order valence-electron chi connectivity index (χ4n) is 6.27. The van der Waals surface area contributed by atoms with Gasteiger partial charge in [0.1, 0.15) is 18.1 Å². The Hall–Kier alpha value is -4.64. The van der Waals surface area contributed by atoms with Gasteiger partial charge in [-0.3, -0.25) is 19.9 Å². The first-order chi connectivity index (χ1) is 20.8. The van der Waals surface area contributed by atoms with E-state index in [-0.39, 0.29) is 31.5 Å². The molecule has 2 aliphatic rings. The van der Waals surface area contributed by atoms with Crippen LogP contribution in [-0.2, 0) is 20.9 Å². The first-order valence-electron chi connectivity index (χ1n) is 14.7. The van der Waals surface area contributed by atoms with Gasteiger partial charge in [0.05, 0.1) is 6.67 Å². The van der Waals surface area contributed by atoms with Crippen LogP contribution in [0.25, 0.3) is 10.8 Å². The van der Waals surface area contributed by atoms with Crippen molar-refractivity contribution in [3.63, 3.8) is 0 Å². The molecule has 2 heterocycles. The van der Waals surface area contributed by atoms with Gasteiger partial charge in [-0.05, 0) is 54.2 Å². The van der Waals surface area contributed by atoms with Crippen molar-refractivity contribution in [1.82, 2.24) is 20.4 Å². The lowest BCUT2D eigenvalue weighted by molar-refractivity contribution is -0.142. The summed E-state index contributed by atoms with van der Waals surface area (Å²) in [7, 11) is 0. The summed E-state index contributed by atoms with van der Waals surface area (Å²) >= 11 is 0. The molecule has 2 amide bonds. The van der Waals surface area contributed by atoms with E-state index in [0.29, 0.717) is 25.8 Å². The maximum Gasteiger partial charge on any atom is 0.326 e. The molecular weight excluding hydrogens is 546 g/mol. The number of anilines is 1. The van der Waals surface area contributed by atoms with Crippen molar-refractivity contribution in [1.29, 1.82) is 5.41 Å². The lowest BCUT2D eigenvalue weighted by atomic mass is 9.85. The number of nitrogens with one attached hydrogen (secondary N) is 3. The van der Waals surface area contributed by atoms with Gasteiger partial charge in [-0.2, -0.15) is 0 Å². The number of hydrogen-bond acceptors (Lipinski definition) is 6. The van der Waals surface area contributed by atoms with Crippen LogP contribution in [0.1, 0.15) is 31.2 Å². The molecule has 0 aromatic heterocycles. The summed E-state index contributed by atoms with van der Waals surface area (Å²) in [5.74, 6) is -1.96. The second-order valence-corrected chi connectivity index (χ2v) is 11.3. The van der Waals surface area contributed by atoms with Gasteiger partial charge in [0.2, 0.25) is 11.8 Å². The number of guanidine groups is 1. The van der Waals surface area contributed by atoms with Crippen LogP contribution < -0.4 is 21.3 Å². The highest BCUT2D eigenvalue weighted by atomic mass is 16.4. The number of aliphatic carboxylic acids is 1. The molecule has 0 unspecified atom stereocenters. The highest BCUT2D eigenvalue weighted by Crippen LogP contribution is 2.40. The van der Waals surface area contributed by atoms with Crippen LogP contribution in [0.2, 0.25) is 0 Å². The number of fused-ring (bicyclic) bond motifs is 1. The van der Waals surface area contributed by atoms with Crippen LogP contribution in [-0.4, -0.2) is 83.1 Å². The molecule has 2 saturated heterocycles. The van der Waals surface area contributed by atoms with Gasteiger partial charge in [-0.1, -0.05) is 60.7 Å². The number of nitrogens with two attached hydrogens (primary N) is 1. The number of carboxylic acids is 1. The highest BCUT2D eigenvalue weighted by Gasteiger charge is 2.54. The molecule has 3 aromatic carbocycles. The maximum atomic E-state index is 14.1. The molecule has 0 saturated carbocycles. The summed E-state index contributed by atoms with van der Waals surface area (Å²) < 4.78 is 0. The van der Waals surface area contributed by atoms with Gasteiger partial charge in [-0.15, -0.1) is 0 Å². The maximum absolute atomic E-state index is 14.1. The number of carbonyl (C=O) groups excluding carboxylic acids is 2. The van der Waals surface area contributed by atoms with Crippen molar-refractivity contribution in [2.24, 2.45) is 5.73 Å². The van der Waals surface area contributed by atoms with E-state index in [4.69, 9.17) is 11.1 Å². The van der Waals surface area contributed by atoms with Gasteiger partial charge in [0.25, 0.3) is 0 Å². The minimum absolute atomic E-state index is 0.103. The largest absolute Gasteiger partial charge is 0.480 e. The summed E-state index contributed by atoms with van der Waals surface area (Å²) in [5, 5.41) is 24.5. The van der Waals surface area contributed by atoms with E-state index in [2.05, 4.69) is 56.8 Å². The smallest absolute Gasteiger partial charge is 0.326 e. The predicted molar refractivity (Wildman–Crippen MR) is 165 cm³/mol. The van der Waals surface area contributed by atoms with Crippen molar-refractivity contribution < 1.29 is 19.5 Å². The summed E-state index contributed by atoms with van der Waals surface area (Å²) in [6.45, 7) is 2.60. The zero-order valence-corrected chi connectivity index (χ0v) is 24.2. The quantitative estimate of drug-likeness (QED) is 0.130. The Morgan fingerprint density at radius 3 is 2.42 bits per heavy atom. The number of benzene rings is 3. The molecule has 226 valence electrons. The number of amides is 2. The zero-order valence-electron chi connectivity index (χ0n) is 24.2. The third kappa shape index (κ3) is 6.72. The Bertz CT molecular complexity index is 1470. The third-order valence-corrected chi connectivity index (χ3v) is 8.49. The standard InChI is InChI=1S/C32H39N7O4/c33-31(34)35-17-7-14-27(29(41)42)36-28(40)21-38-22-39(25-11-2-1-3-12-25)32(30(38)43)15-18-37(19-16-32)20-24-10-6-9-23-8-4-5-13-26(23)24/h1-6,8-13,27H,7,14-22H2,(H,36,40)(H,41,42)(H4,33,34,35)/t27-/m0/s1. The number of carboxylic acid groups (broad SMARTS) is 1. The Morgan fingerprint density at radius 2 is 1.70 bits per heavy atom. The lowest BCUT2D eigenvalue weighted by Crippen LogP contribution is -2.56. The molecule has 43 heavy (non-hydrogen) atoms. The van der Waals surface area contributed by atoms with Gasteiger partial charge < -0.3 is 31.3 Å². The Labute approximate surface area is 251 Å². The minimum Gasteiger partial charge on any atom is -0.480 e. The van der Waals surface area contributed by atoms with Crippen LogP contribution in [0.3, 0.4) is 0 Å². The van der Waals surface area contributed by atoms with Crippen LogP contribution in [0.4, 0.5) is 5.69 Å². The highest BCUT2D eigenvalue weighted by molar-refractivity contribution is 5.96. The van der Waals surface area contributed by atoms with E-state index in [1.807, 2.05) is 36.4 Å². The minimum atomic E-state index is -1.15. The predicted octanol–water partition coefficient (Wildman–Crippen LogP) is 2.31. The van der Waals surface area contributed by atoms with Gasteiger partial charge in [0, 0.05) is 31.9 Å². The van der Waals surface area contributed by atoms with E-state index in [0.717, 1.165) is 25.3 Å². The summed E-state index contributed by atoms with van der Waals surface area (Å²) in [4.78, 5) is 44.9. The number of carbonyl (C=O) groups is 3. The number of piperidine rings is 1. The SMILES string of the molecule is N=C(N)NCCC[C@H](NC(=O)CN1CN(c2ccccc2)C2(CCN(Cc3cccc4ccccc34)CC2)C1=O)C(=O)O. The van der Waals surface area contributed by atoms with Gasteiger partial charge in [-0.25, -0.2) is 4.79 Å². The summed E-state index contributed by atoms with van der Waals surface area (Å²) in [6, 6.07) is 23.4. The fraction of sp³-hybridized carbons (Fsp3) is 0.375. The van der Waals surface area contributed by atoms with E-state index in [9.17, 15) is 19.5 Å². The molecule has 2 fully saturated rings. The number of nitrogens with zero attached hydrogens (tertiary/aromatic N) is 3.